The number of hydrogen-bond donors (Lipinski definition) is 3. The van der Waals surface area contributed by atoms with Crippen LogP contribution in [0, 0.1) is 0 Å². The molecule has 0 bridgehead atoms. The molecule has 8 nitrogen and oxygen atoms in total. The van der Waals surface area contributed by atoms with Crippen molar-refractivity contribution in [3.63, 3.8) is 0 Å². The lowest BCUT2D eigenvalue weighted by molar-refractivity contribution is -0.288. The van der Waals surface area contributed by atoms with E-state index in [0.717, 1.165) is 20.8 Å². The van der Waals surface area contributed by atoms with Crippen LogP contribution in [0.3, 0.4) is 0 Å². The maximum Gasteiger partial charge on any atom is 0.305 e. The molecule has 0 aliphatic rings. The van der Waals surface area contributed by atoms with Crippen molar-refractivity contribution in [2.45, 2.75) is 45.4 Å². The van der Waals surface area contributed by atoms with E-state index in [2.05, 4.69) is 9.47 Å². The molecular weight excluding hydrogens is 248 g/mol. The van der Waals surface area contributed by atoms with Gasteiger partial charge in [0, 0.05) is 13.8 Å². The van der Waals surface area contributed by atoms with E-state index in [9.17, 15) is 29.7 Å². The summed E-state index contributed by atoms with van der Waals surface area (Å²) in [5.74, 6) is -5.16. The quantitative estimate of drug-likeness (QED) is 0.388. The topological polar surface area (TPSA) is 130 Å². The number of Topliss-reactive ketones (excluding diaryl/α,β-unsaturated/α-hetero) is 1. The fourth-order valence-electron chi connectivity index (χ4n) is 1.26. The second-order valence-corrected chi connectivity index (χ2v) is 3.76. The van der Waals surface area contributed by atoms with E-state index < -0.39 is 42.3 Å². The zero-order valence-electron chi connectivity index (χ0n) is 10.2. The summed E-state index contributed by atoms with van der Waals surface area (Å²) in [4.78, 5) is 32.3. The number of carbonyl (C=O) groups excluding carboxylic acids is 3. The summed E-state index contributed by atoms with van der Waals surface area (Å²) in [6.07, 6.45) is -5.06. The predicted octanol–water partition coefficient (Wildman–Crippen LogP) is -1.54. The largest absolute Gasteiger partial charge is 0.433 e. The van der Waals surface area contributed by atoms with Crippen molar-refractivity contribution in [3.8, 4) is 0 Å². The van der Waals surface area contributed by atoms with Crippen LogP contribution in [0.2, 0.25) is 0 Å². The minimum Gasteiger partial charge on any atom is -0.433 e. The Bertz CT molecular complexity index is 321. The summed E-state index contributed by atoms with van der Waals surface area (Å²) in [5, 5.41) is 28.7. The fraction of sp³-hybridized carbons (Fsp3) is 0.700. The van der Waals surface area contributed by atoms with Crippen LogP contribution in [0.5, 0.6) is 0 Å². The third-order valence-corrected chi connectivity index (χ3v) is 1.84. The molecule has 3 atom stereocenters. The highest BCUT2D eigenvalue weighted by Crippen LogP contribution is 2.22. The Morgan fingerprint density at radius 2 is 1.61 bits per heavy atom. The predicted molar refractivity (Wildman–Crippen MR) is 55.8 cm³/mol. The first-order chi connectivity index (χ1) is 8.08. The van der Waals surface area contributed by atoms with Crippen molar-refractivity contribution < 1.29 is 39.2 Å². The maximum absolute atomic E-state index is 10.9. The van der Waals surface area contributed by atoms with Crippen molar-refractivity contribution in [3.05, 3.63) is 0 Å². The number of rotatable bonds is 6. The van der Waals surface area contributed by atoms with Crippen molar-refractivity contribution in [2.75, 3.05) is 0 Å². The average Bonchev–Trinajstić information content (AvgIpc) is 2.12. The van der Waals surface area contributed by atoms with Crippen molar-refractivity contribution >= 4 is 17.7 Å². The minimum atomic E-state index is -2.66. The molecule has 0 rings (SSSR count). The minimum absolute atomic E-state index is 0.604. The van der Waals surface area contributed by atoms with Gasteiger partial charge in [-0.3, -0.25) is 14.4 Å². The van der Waals surface area contributed by atoms with Gasteiger partial charge in [0.1, 0.15) is 5.78 Å². The molecule has 0 aromatic rings. The van der Waals surface area contributed by atoms with Gasteiger partial charge in [-0.1, -0.05) is 0 Å². The molecule has 0 aliphatic heterocycles. The molecule has 104 valence electrons. The van der Waals surface area contributed by atoms with E-state index >= 15 is 0 Å². The van der Waals surface area contributed by atoms with Crippen molar-refractivity contribution in [1.29, 1.82) is 0 Å². The molecule has 0 fully saturated rings. The van der Waals surface area contributed by atoms with E-state index in [1.165, 1.54) is 0 Å². The van der Waals surface area contributed by atoms with E-state index in [1.807, 2.05) is 0 Å². The molecule has 0 amide bonds. The second kappa shape index (κ2) is 6.43. The van der Waals surface area contributed by atoms with E-state index in [1.54, 1.807) is 0 Å². The van der Waals surface area contributed by atoms with E-state index in [-0.39, 0.29) is 0 Å². The van der Waals surface area contributed by atoms with E-state index in [0.29, 0.717) is 0 Å². The number of esters is 2. The number of aliphatic hydroxyl groups is 3. The molecule has 3 N–H and O–H groups in total. The van der Waals surface area contributed by atoms with Crippen LogP contribution in [-0.4, -0.2) is 51.2 Å². The Hall–Kier alpha value is -1.51. The molecule has 0 aromatic heterocycles. The van der Waals surface area contributed by atoms with Crippen LogP contribution in [0.25, 0.3) is 0 Å². The maximum atomic E-state index is 10.9. The highest BCUT2D eigenvalue weighted by molar-refractivity contribution is 5.77. The number of ketones is 1. The summed E-state index contributed by atoms with van der Waals surface area (Å²) >= 11 is 0. The molecule has 8 heteroatoms. The number of hydrogen-bond acceptors (Lipinski definition) is 8. The van der Waals surface area contributed by atoms with Gasteiger partial charge >= 0.3 is 11.9 Å². The van der Waals surface area contributed by atoms with Crippen molar-refractivity contribution in [1.82, 2.24) is 0 Å². The van der Waals surface area contributed by atoms with Gasteiger partial charge in [-0.15, -0.1) is 0 Å². The molecule has 0 saturated heterocycles. The number of ether oxygens (including phenoxy) is 2. The Morgan fingerprint density at radius 3 is 1.94 bits per heavy atom. The van der Waals surface area contributed by atoms with Gasteiger partial charge in [0.25, 0.3) is 5.79 Å². The molecule has 3 unspecified atom stereocenters. The van der Waals surface area contributed by atoms with Crippen LogP contribution >= 0.6 is 0 Å². The molecule has 0 aliphatic carbocycles. The Morgan fingerprint density at radius 1 is 1.11 bits per heavy atom. The first-order valence-electron chi connectivity index (χ1n) is 5.03. The van der Waals surface area contributed by atoms with Crippen LogP contribution in [0.4, 0.5) is 0 Å². The second-order valence-electron chi connectivity index (χ2n) is 3.76. The van der Waals surface area contributed by atoms with Gasteiger partial charge in [0.05, 0.1) is 6.42 Å². The third-order valence-electron chi connectivity index (χ3n) is 1.84. The Kier molecular flexibility index (Phi) is 5.89. The third kappa shape index (κ3) is 5.21. The fourth-order valence-corrected chi connectivity index (χ4v) is 1.26. The highest BCUT2D eigenvalue weighted by atomic mass is 16.7. The summed E-state index contributed by atoms with van der Waals surface area (Å²) in [6, 6.07) is 0. The molecule has 0 radical (unpaired) electrons. The summed E-state index contributed by atoms with van der Waals surface area (Å²) < 4.78 is 8.63. The molecular formula is C10H16O8. The van der Waals surface area contributed by atoms with E-state index in [4.69, 9.17) is 0 Å². The van der Waals surface area contributed by atoms with Crippen LogP contribution in [-0.2, 0) is 23.9 Å². The van der Waals surface area contributed by atoms with Crippen LogP contribution < -0.4 is 0 Å². The van der Waals surface area contributed by atoms with Gasteiger partial charge < -0.3 is 24.8 Å². The highest BCUT2D eigenvalue weighted by Gasteiger charge is 2.45. The number of aliphatic hydroxyl groups excluding tert-OH is 2. The van der Waals surface area contributed by atoms with Gasteiger partial charge in [-0.05, 0) is 6.92 Å². The molecule has 0 saturated carbocycles. The summed E-state index contributed by atoms with van der Waals surface area (Å²) in [5.41, 5.74) is 0. The van der Waals surface area contributed by atoms with Gasteiger partial charge in [-0.2, -0.15) is 0 Å². The molecule has 18 heavy (non-hydrogen) atoms. The zero-order valence-corrected chi connectivity index (χ0v) is 10.2. The van der Waals surface area contributed by atoms with Gasteiger partial charge in [0.2, 0.25) is 6.29 Å². The lowest BCUT2D eigenvalue weighted by Crippen LogP contribution is -2.53. The van der Waals surface area contributed by atoms with Crippen LogP contribution in [0.1, 0.15) is 27.2 Å². The smallest absolute Gasteiger partial charge is 0.305 e. The van der Waals surface area contributed by atoms with Gasteiger partial charge in [-0.25, -0.2) is 0 Å². The monoisotopic (exact) mass is 264 g/mol. The summed E-state index contributed by atoms with van der Waals surface area (Å²) in [7, 11) is 0. The average molecular weight is 264 g/mol. The van der Waals surface area contributed by atoms with Crippen molar-refractivity contribution in [2.24, 2.45) is 0 Å². The lowest BCUT2D eigenvalue weighted by atomic mass is 10.0. The molecule has 0 spiro atoms. The molecule has 0 heterocycles. The SMILES string of the molecule is CC(=O)CC(O)(OC(C)=O)C(O)C(O)OC(C)=O. The normalized spacial score (nSPS) is 17.2. The lowest BCUT2D eigenvalue weighted by Gasteiger charge is -2.32. The molecule has 0 aromatic carbocycles. The summed E-state index contributed by atoms with van der Waals surface area (Å²) in [6.45, 7) is 2.99. The van der Waals surface area contributed by atoms with Gasteiger partial charge in [0.15, 0.2) is 6.10 Å². The number of carbonyl (C=O) groups is 3. The van der Waals surface area contributed by atoms with Crippen LogP contribution in [0.15, 0.2) is 0 Å². The Labute approximate surface area is 103 Å². The standard InChI is InChI=1S/C10H16O8/c1-5(11)4-10(16,18-7(3)13)8(14)9(15)17-6(2)12/h8-9,14-16H,4H2,1-3H3. The first-order valence-corrected chi connectivity index (χ1v) is 5.03. The zero-order chi connectivity index (χ0) is 14.5. The first kappa shape index (κ1) is 16.5. The Balaban J connectivity index is 4.98.